The van der Waals surface area contributed by atoms with Crippen molar-refractivity contribution in [3.63, 3.8) is 0 Å². The Bertz CT molecular complexity index is 359. The Morgan fingerprint density at radius 1 is 1.17 bits per heavy atom. The predicted octanol–water partition coefficient (Wildman–Crippen LogP) is 2.70. The minimum Gasteiger partial charge on any atom is -0.311 e. The highest BCUT2D eigenvalue weighted by molar-refractivity contribution is 5.14. The molecule has 2 aliphatic rings. The van der Waals surface area contributed by atoms with Crippen molar-refractivity contribution < 1.29 is 0 Å². The zero-order valence-corrected chi connectivity index (χ0v) is 11.1. The van der Waals surface area contributed by atoms with E-state index in [4.69, 9.17) is 0 Å². The van der Waals surface area contributed by atoms with Gasteiger partial charge in [-0.1, -0.05) is 43.2 Å². The first kappa shape index (κ1) is 12.2. The highest BCUT2D eigenvalue weighted by atomic mass is 15.1. The van der Waals surface area contributed by atoms with Gasteiger partial charge in [0, 0.05) is 25.2 Å². The maximum atomic E-state index is 3.74. The Balaban J connectivity index is 1.44. The van der Waals surface area contributed by atoms with E-state index in [0.717, 1.165) is 24.5 Å². The zero-order chi connectivity index (χ0) is 12.2. The molecule has 2 unspecified atom stereocenters. The highest BCUT2D eigenvalue weighted by Gasteiger charge is 2.28. The summed E-state index contributed by atoms with van der Waals surface area (Å²) in [5.74, 6) is 0.951. The van der Waals surface area contributed by atoms with Crippen LogP contribution in [0.15, 0.2) is 30.3 Å². The minimum absolute atomic E-state index is 0.739. The average Bonchev–Trinajstić information content (AvgIpc) is 3.22. The molecule has 0 aromatic heterocycles. The molecule has 0 amide bonds. The monoisotopic (exact) mass is 244 g/mol. The van der Waals surface area contributed by atoms with Crippen molar-refractivity contribution in [3.8, 4) is 0 Å². The molecule has 3 atom stereocenters. The lowest BCUT2D eigenvalue weighted by Gasteiger charge is -2.30. The molecule has 2 N–H and O–H groups in total. The Labute approximate surface area is 110 Å². The van der Waals surface area contributed by atoms with Crippen molar-refractivity contribution in [1.29, 1.82) is 0 Å². The first-order valence-electron chi connectivity index (χ1n) is 7.41. The van der Waals surface area contributed by atoms with Gasteiger partial charge in [-0.2, -0.15) is 0 Å². The molecule has 1 saturated carbocycles. The fraction of sp³-hybridized carbons (Fsp3) is 0.625. The number of hydrogen-bond acceptors (Lipinski definition) is 2. The molecule has 0 radical (unpaired) electrons. The Morgan fingerprint density at radius 2 is 2.00 bits per heavy atom. The fourth-order valence-corrected chi connectivity index (χ4v) is 3.20. The Hall–Kier alpha value is -0.860. The van der Waals surface area contributed by atoms with Gasteiger partial charge in [-0.15, -0.1) is 0 Å². The lowest BCUT2D eigenvalue weighted by atomic mass is 9.83. The smallest absolute Gasteiger partial charge is 0.0208 e. The number of nitrogens with one attached hydrogen (secondary N) is 2. The molecule has 0 bridgehead atoms. The van der Waals surface area contributed by atoms with Crippen molar-refractivity contribution in [2.75, 3.05) is 6.54 Å². The third kappa shape index (κ3) is 3.56. The van der Waals surface area contributed by atoms with Crippen LogP contribution in [0.25, 0.3) is 0 Å². The summed E-state index contributed by atoms with van der Waals surface area (Å²) in [6.07, 6.45) is 7.00. The molecule has 1 aromatic carbocycles. The van der Waals surface area contributed by atoms with E-state index in [1.54, 1.807) is 0 Å². The van der Waals surface area contributed by atoms with Crippen LogP contribution in [-0.2, 0) is 6.54 Å². The summed E-state index contributed by atoms with van der Waals surface area (Å²) in [6.45, 7) is 2.29. The number of hydrogen-bond donors (Lipinski definition) is 2. The summed E-state index contributed by atoms with van der Waals surface area (Å²) in [5, 5.41) is 7.18. The van der Waals surface area contributed by atoms with Crippen LogP contribution < -0.4 is 10.6 Å². The summed E-state index contributed by atoms with van der Waals surface area (Å²) in [5.41, 5.74) is 1.41. The second-order valence-corrected chi connectivity index (χ2v) is 5.94. The van der Waals surface area contributed by atoms with E-state index >= 15 is 0 Å². The standard InChI is InChI=1S/C16H24N2/c1-2-5-13(6-3-1)11-17-15-8-4-7-14(9-15)10-16-12-18-16/h1-3,5-6,14-18H,4,7-12H2/t14-,15?,16?/m0/s1. The van der Waals surface area contributed by atoms with Gasteiger partial charge in [-0.3, -0.25) is 0 Å². The van der Waals surface area contributed by atoms with Crippen LogP contribution in [0.5, 0.6) is 0 Å². The van der Waals surface area contributed by atoms with Gasteiger partial charge < -0.3 is 10.6 Å². The van der Waals surface area contributed by atoms with Crippen molar-refractivity contribution in [1.82, 2.24) is 10.6 Å². The van der Waals surface area contributed by atoms with Crippen LogP contribution in [0.3, 0.4) is 0 Å². The van der Waals surface area contributed by atoms with Crippen molar-refractivity contribution in [2.24, 2.45) is 5.92 Å². The van der Waals surface area contributed by atoms with E-state index in [2.05, 4.69) is 41.0 Å². The number of rotatable bonds is 5. The maximum absolute atomic E-state index is 3.74. The molecule has 18 heavy (non-hydrogen) atoms. The third-order valence-corrected chi connectivity index (χ3v) is 4.33. The molecule has 2 fully saturated rings. The van der Waals surface area contributed by atoms with Gasteiger partial charge >= 0.3 is 0 Å². The SMILES string of the molecule is c1ccc(CNC2CCC[C@H](CC3CN3)C2)cc1. The first-order valence-corrected chi connectivity index (χ1v) is 7.41. The Kier molecular flexibility index (Phi) is 3.96. The Morgan fingerprint density at radius 3 is 2.78 bits per heavy atom. The van der Waals surface area contributed by atoms with Crippen LogP contribution in [0.1, 0.15) is 37.7 Å². The van der Waals surface area contributed by atoms with E-state index in [9.17, 15) is 0 Å². The maximum Gasteiger partial charge on any atom is 0.0208 e. The quantitative estimate of drug-likeness (QED) is 0.781. The molecule has 1 heterocycles. The van der Waals surface area contributed by atoms with Crippen LogP contribution in [0.2, 0.25) is 0 Å². The van der Waals surface area contributed by atoms with Gasteiger partial charge in [0.05, 0.1) is 0 Å². The van der Waals surface area contributed by atoms with Crippen LogP contribution in [0, 0.1) is 5.92 Å². The molecule has 1 aromatic rings. The van der Waals surface area contributed by atoms with Crippen molar-refractivity contribution >= 4 is 0 Å². The molecule has 1 aliphatic carbocycles. The second-order valence-electron chi connectivity index (χ2n) is 5.94. The van der Waals surface area contributed by atoms with Gasteiger partial charge in [-0.05, 0) is 30.7 Å². The van der Waals surface area contributed by atoms with Crippen LogP contribution in [0.4, 0.5) is 0 Å². The molecule has 98 valence electrons. The topological polar surface area (TPSA) is 34.0 Å². The molecule has 1 saturated heterocycles. The molecule has 0 spiro atoms. The van der Waals surface area contributed by atoms with Crippen LogP contribution in [-0.4, -0.2) is 18.6 Å². The lowest BCUT2D eigenvalue weighted by molar-refractivity contribution is 0.271. The van der Waals surface area contributed by atoms with Crippen molar-refractivity contribution in [2.45, 2.75) is 50.7 Å². The van der Waals surface area contributed by atoms with Crippen LogP contribution >= 0.6 is 0 Å². The second kappa shape index (κ2) is 5.85. The zero-order valence-electron chi connectivity index (χ0n) is 11.1. The van der Waals surface area contributed by atoms with Gasteiger partial charge in [0.2, 0.25) is 0 Å². The summed E-state index contributed by atoms with van der Waals surface area (Å²) < 4.78 is 0. The normalized spacial score (nSPS) is 31.2. The molecule has 2 nitrogen and oxygen atoms in total. The minimum atomic E-state index is 0.739. The van der Waals surface area contributed by atoms with Gasteiger partial charge in [-0.25, -0.2) is 0 Å². The largest absolute Gasteiger partial charge is 0.311 e. The van der Waals surface area contributed by atoms with Crippen molar-refractivity contribution in [3.05, 3.63) is 35.9 Å². The first-order chi connectivity index (χ1) is 8.90. The van der Waals surface area contributed by atoms with E-state index in [-0.39, 0.29) is 0 Å². The predicted molar refractivity (Wildman–Crippen MR) is 75.4 cm³/mol. The summed E-state index contributed by atoms with van der Waals surface area (Å²) in [4.78, 5) is 0. The number of benzene rings is 1. The molecule has 2 heteroatoms. The van der Waals surface area contributed by atoms with E-state index in [0.29, 0.717) is 0 Å². The molecule has 1 aliphatic heterocycles. The van der Waals surface area contributed by atoms with Gasteiger partial charge in [0.1, 0.15) is 0 Å². The summed E-state index contributed by atoms with van der Waals surface area (Å²) in [6, 6.07) is 12.3. The van der Waals surface area contributed by atoms with E-state index in [1.165, 1.54) is 44.2 Å². The van der Waals surface area contributed by atoms with E-state index < -0.39 is 0 Å². The molecular weight excluding hydrogens is 220 g/mol. The van der Waals surface area contributed by atoms with E-state index in [1.807, 2.05) is 0 Å². The summed E-state index contributed by atoms with van der Waals surface area (Å²) >= 11 is 0. The van der Waals surface area contributed by atoms with Gasteiger partial charge in [0.25, 0.3) is 0 Å². The molecule has 3 rings (SSSR count). The third-order valence-electron chi connectivity index (χ3n) is 4.33. The highest BCUT2D eigenvalue weighted by Crippen LogP contribution is 2.29. The lowest BCUT2D eigenvalue weighted by Crippen LogP contribution is -2.34. The average molecular weight is 244 g/mol. The summed E-state index contributed by atoms with van der Waals surface area (Å²) in [7, 11) is 0. The fourth-order valence-electron chi connectivity index (χ4n) is 3.20. The molecular formula is C16H24N2. The van der Waals surface area contributed by atoms with Gasteiger partial charge in [0.15, 0.2) is 0 Å².